The Balaban J connectivity index is 2.10. The average molecular weight is 290 g/mol. The van der Waals surface area contributed by atoms with Crippen molar-refractivity contribution in [3.05, 3.63) is 0 Å². The number of morpholine rings is 1. The van der Waals surface area contributed by atoms with Crippen LogP contribution in [0, 0.1) is 0 Å². The van der Waals surface area contributed by atoms with Crippen molar-refractivity contribution in [3.8, 4) is 0 Å². The van der Waals surface area contributed by atoms with E-state index >= 15 is 0 Å². The molecule has 19 heavy (non-hydrogen) atoms. The number of amides is 1. The van der Waals surface area contributed by atoms with Gasteiger partial charge in [-0.25, -0.2) is 8.42 Å². The molecule has 2 heterocycles. The monoisotopic (exact) mass is 290 g/mol. The first-order valence-corrected chi connectivity index (χ1v) is 8.55. The molecule has 6 nitrogen and oxygen atoms in total. The van der Waals surface area contributed by atoms with Crippen LogP contribution < -0.4 is 0 Å². The number of carbonyl (C=O) groups is 1. The van der Waals surface area contributed by atoms with Crippen LogP contribution in [0.15, 0.2) is 0 Å². The Hall–Kier alpha value is -0.660. The summed E-state index contributed by atoms with van der Waals surface area (Å²) in [5, 5.41) is 0. The molecule has 2 aliphatic heterocycles. The van der Waals surface area contributed by atoms with Gasteiger partial charge in [-0.2, -0.15) is 4.31 Å². The molecule has 2 fully saturated rings. The van der Waals surface area contributed by atoms with Gasteiger partial charge in [0.15, 0.2) is 0 Å². The van der Waals surface area contributed by atoms with Gasteiger partial charge in [0.1, 0.15) is 6.04 Å². The number of rotatable bonds is 2. The van der Waals surface area contributed by atoms with Crippen molar-refractivity contribution in [2.24, 2.45) is 0 Å². The average Bonchev–Trinajstić information content (AvgIpc) is 2.74. The molecule has 0 aromatic heterocycles. The van der Waals surface area contributed by atoms with Crippen LogP contribution in [-0.2, 0) is 19.6 Å². The van der Waals surface area contributed by atoms with Crippen LogP contribution in [0.2, 0.25) is 0 Å². The van der Waals surface area contributed by atoms with Crippen molar-refractivity contribution in [2.45, 2.75) is 44.9 Å². The second-order valence-electron chi connectivity index (χ2n) is 5.53. The normalized spacial score (nSPS) is 33.6. The van der Waals surface area contributed by atoms with Crippen molar-refractivity contribution in [1.29, 1.82) is 0 Å². The summed E-state index contributed by atoms with van der Waals surface area (Å²) in [6, 6.07) is -0.521. The van der Waals surface area contributed by atoms with Crippen LogP contribution in [-0.4, -0.2) is 67.7 Å². The van der Waals surface area contributed by atoms with Crippen molar-refractivity contribution in [2.75, 3.05) is 25.9 Å². The zero-order chi connectivity index (χ0) is 14.2. The van der Waals surface area contributed by atoms with Crippen LogP contribution in [0.1, 0.15) is 26.7 Å². The lowest BCUT2D eigenvalue weighted by molar-refractivity contribution is -0.146. The number of ether oxygens (including phenoxy) is 1. The molecule has 2 saturated heterocycles. The van der Waals surface area contributed by atoms with Crippen LogP contribution >= 0.6 is 0 Å². The minimum absolute atomic E-state index is 0.000728. The van der Waals surface area contributed by atoms with Crippen molar-refractivity contribution in [1.82, 2.24) is 9.21 Å². The molecule has 2 aliphatic rings. The van der Waals surface area contributed by atoms with E-state index in [4.69, 9.17) is 4.74 Å². The predicted molar refractivity (Wildman–Crippen MR) is 71.2 cm³/mol. The van der Waals surface area contributed by atoms with E-state index in [1.54, 1.807) is 4.90 Å². The molecule has 110 valence electrons. The fourth-order valence-electron chi connectivity index (χ4n) is 2.95. The van der Waals surface area contributed by atoms with E-state index in [1.165, 1.54) is 10.6 Å². The molecular formula is C12H22N2O4S. The zero-order valence-electron chi connectivity index (χ0n) is 11.7. The summed E-state index contributed by atoms with van der Waals surface area (Å²) < 4.78 is 30.3. The number of hydrogen-bond donors (Lipinski definition) is 0. The Bertz CT molecular complexity index is 441. The van der Waals surface area contributed by atoms with E-state index < -0.39 is 16.1 Å². The highest BCUT2D eigenvalue weighted by Crippen LogP contribution is 2.23. The highest BCUT2D eigenvalue weighted by Gasteiger charge is 2.40. The molecule has 3 atom stereocenters. The number of sulfonamides is 1. The summed E-state index contributed by atoms with van der Waals surface area (Å²) in [4.78, 5) is 14.3. The van der Waals surface area contributed by atoms with E-state index in [0.29, 0.717) is 26.1 Å². The topological polar surface area (TPSA) is 66.9 Å². The third kappa shape index (κ3) is 3.27. The Kier molecular flexibility index (Phi) is 4.17. The summed E-state index contributed by atoms with van der Waals surface area (Å²) >= 11 is 0. The lowest BCUT2D eigenvalue weighted by Gasteiger charge is -2.37. The lowest BCUT2D eigenvalue weighted by atomic mass is 10.1. The zero-order valence-corrected chi connectivity index (χ0v) is 12.5. The van der Waals surface area contributed by atoms with Gasteiger partial charge in [0.2, 0.25) is 15.9 Å². The minimum atomic E-state index is -3.31. The van der Waals surface area contributed by atoms with Gasteiger partial charge in [0, 0.05) is 19.6 Å². The van der Waals surface area contributed by atoms with Gasteiger partial charge in [-0.05, 0) is 26.7 Å². The van der Waals surface area contributed by atoms with Crippen LogP contribution in [0.5, 0.6) is 0 Å². The molecule has 0 N–H and O–H groups in total. The van der Waals surface area contributed by atoms with Crippen LogP contribution in [0.3, 0.4) is 0 Å². The first kappa shape index (κ1) is 14.7. The molecule has 0 spiro atoms. The number of carbonyl (C=O) groups excluding carboxylic acids is 1. The molecular weight excluding hydrogens is 268 g/mol. The Labute approximate surface area is 114 Å². The van der Waals surface area contributed by atoms with Crippen LogP contribution in [0.4, 0.5) is 0 Å². The molecule has 7 heteroatoms. The van der Waals surface area contributed by atoms with E-state index in [9.17, 15) is 13.2 Å². The SMILES string of the molecule is C[C@@H]1CN(C(=O)[C@@H]2CCCN2S(C)(=O)=O)C[C@@H](C)O1. The van der Waals surface area contributed by atoms with Crippen LogP contribution in [0.25, 0.3) is 0 Å². The standard InChI is InChI=1S/C12H22N2O4S/c1-9-7-13(8-10(2)18-9)12(15)11-5-4-6-14(11)19(3,16)17/h9-11H,4-8H2,1-3H3/t9-,10-,11+/m1/s1. The molecule has 0 aromatic rings. The molecule has 1 amide bonds. The van der Waals surface area contributed by atoms with Gasteiger partial charge in [-0.3, -0.25) is 4.79 Å². The number of nitrogens with zero attached hydrogens (tertiary/aromatic N) is 2. The second kappa shape index (κ2) is 5.38. The van der Waals surface area contributed by atoms with Gasteiger partial charge in [-0.1, -0.05) is 0 Å². The van der Waals surface area contributed by atoms with E-state index in [-0.39, 0.29) is 18.1 Å². The third-order valence-corrected chi connectivity index (χ3v) is 4.94. The third-order valence-electron chi connectivity index (χ3n) is 3.65. The Morgan fingerprint density at radius 3 is 2.32 bits per heavy atom. The van der Waals surface area contributed by atoms with Gasteiger partial charge in [0.05, 0.1) is 18.5 Å². The highest BCUT2D eigenvalue weighted by molar-refractivity contribution is 7.88. The Morgan fingerprint density at radius 1 is 1.21 bits per heavy atom. The fourth-order valence-corrected chi connectivity index (χ4v) is 4.07. The second-order valence-corrected chi connectivity index (χ2v) is 7.47. The smallest absolute Gasteiger partial charge is 0.241 e. The maximum Gasteiger partial charge on any atom is 0.241 e. The highest BCUT2D eigenvalue weighted by atomic mass is 32.2. The Morgan fingerprint density at radius 2 is 1.79 bits per heavy atom. The molecule has 2 rings (SSSR count). The maximum atomic E-state index is 12.5. The van der Waals surface area contributed by atoms with Gasteiger partial charge in [-0.15, -0.1) is 0 Å². The number of hydrogen-bond acceptors (Lipinski definition) is 4. The summed E-state index contributed by atoms with van der Waals surface area (Å²) in [6.45, 7) is 5.39. The van der Waals surface area contributed by atoms with Crippen molar-refractivity contribution < 1.29 is 17.9 Å². The van der Waals surface area contributed by atoms with Gasteiger partial charge < -0.3 is 9.64 Å². The quantitative estimate of drug-likeness (QED) is 0.720. The summed E-state index contributed by atoms with van der Waals surface area (Å²) in [5.41, 5.74) is 0. The van der Waals surface area contributed by atoms with Gasteiger partial charge in [0.25, 0.3) is 0 Å². The summed E-state index contributed by atoms with van der Waals surface area (Å²) in [6.07, 6.45) is 2.54. The van der Waals surface area contributed by atoms with Gasteiger partial charge >= 0.3 is 0 Å². The summed E-state index contributed by atoms with van der Waals surface area (Å²) in [7, 11) is -3.31. The van der Waals surface area contributed by atoms with Crippen molar-refractivity contribution >= 4 is 15.9 Å². The molecule has 0 aromatic carbocycles. The maximum absolute atomic E-state index is 12.5. The first-order chi connectivity index (χ1) is 8.79. The minimum Gasteiger partial charge on any atom is -0.372 e. The van der Waals surface area contributed by atoms with E-state index in [2.05, 4.69) is 0 Å². The largest absolute Gasteiger partial charge is 0.372 e. The van der Waals surface area contributed by atoms with Crippen molar-refractivity contribution in [3.63, 3.8) is 0 Å². The molecule has 0 radical (unpaired) electrons. The lowest BCUT2D eigenvalue weighted by Crippen LogP contribution is -2.54. The first-order valence-electron chi connectivity index (χ1n) is 6.70. The van der Waals surface area contributed by atoms with E-state index in [1.807, 2.05) is 13.8 Å². The fraction of sp³-hybridized carbons (Fsp3) is 0.917. The predicted octanol–water partition coefficient (Wildman–Crippen LogP) is 0.0462. The summed E-state index contributed by atoms with van der Waals surface area (Å²) in [5.74, 6) is -0.0788. The molecule has 0 saturated carbocycles. The molecule has 0 aliphatic carbocycles. The molecule has 0 unspecified atom stereocenters. The van der Waals surface area contributed by atoms with E-state index in [0.717, 1.165) is 6.42 Å². The molecule has 0 bridgehead atoms.